The highest BCUT2D eigenvalue weighted by atomic mass is 32.2. The third-order valence-corrected chi connectivity index (χ3v) is 4.88. The maximum Gasteiger partial charge on any atom is 0.192 e. The summed E-state index contributed by atoms with van der Waals surface area (Å²) in [6.45, 7) is 1.76. The molecule has 4 heteroatoms. The largest absolute Gasteiger partial charge is 0.370 e. The molecule has 0 aliphatic carbocycles. The Morgan fingerprint density at radius 3 is 2.88 bits per heavy atom. The van der Waals surface area contributed by atoms with Crippen LogP contribution in [0.15, 0.2) is 35.3 Å². The predicted molar refractivity (Wildman–Crippen MR) is 73.1 cm³/mol. The van der Waals surface area contributed by atoms with Crippen molar-refractivity contribution in [3.8, 4) is 0 Å². The molecule has 2 aliphatic heterocycles. The number of aliphatic imine (C=N–C) groups is 1. The summed E-state index contributed by atoms with van der Waals surface area (Å²) in [4.78, 5) is 6.76. The third-order valence-electron chi connectivity index (χ3n) is 3.65. The number of hydrogen-bond donors (Lipinski definition) is 1. The smallest absolute Gasteiger partial charge is 0.192 e. The molecule has 0 bridgehead atoms. The van der Waals surface area contributed by atoms with Gasteiger partial charge in [-0.1, -0.05) is 30.3 Å². The van der Waals surface area contributed by atoms with Crippen LogP contribution in [0.1, 0.15) is 12.0 Å². The van der Waals surface area contributed by atoms with Crippen molar-refractivity contribution in [2.45, 2.75) is 18.5 Å². The summed E-state index contributed by atoms with van der Waals surface area (Å²) < 4.78 is 0. The first kappa shape index (κ1) is 11.0. The van der Waals surface area contributed by atoms with Crippen molar-refractivity contribution in [1.82, 2.24) is 4.90 Å². The Kier molecular flexibility index (Phi) is 2.74. The van der Waals surface area contributed by atoms with E-state index in [4.69, 9.17) is 5.73 Å². The van der Waals surface area contributed by atoms with Gasteiger partial charge in [-0.25, -0.2) is 0 Å². The van der Waals surface area contributed by atoms with Gasteiger partial charge in [-0.15, -0.1) is 0 Å². The van der Waals surface area contributed by atoms with Crippen LogP contribution < -0.4 is 5.73 Å². The molecule has 17 heavy (non-hydrogen) atoms. The van der Waals surface area contributed by atoms with Gasteiger partial charge < -0.3 is 10.6 Å². The normalized spacial score (nSPS) is 27.8. The first-order valence-electron chi connectivity index (χ1n) is 5.99. The van der Waals surface area contributed by atoms with Crippen molar-refractivity contribution in [3.63, 3.8) is 0 Å². The molecule has 1 unspecified atom stereocenters. The molecule has 0 aromatic heterocycles. The molecule has 1 saturated heterocycles. The average molecular weight is 247 g/mol. The van der Waals surface area contributed by atoms with E-state index in [1.54, 1.807) is 0 Å². The zero-order valence-corrected chi connectivity index (χ0v) is 10.6. The van der Waals surface area contributed by atoms with Crippen molar-refractivity contribution in [3.05, 3.63) is 35.9 Å². The van der Waals surface area contributed by atoms with Gasteiger partial charge in [-0.2, -0.15) is 11.8 Å². The summed E-state index contributed by atoms with van der Waals surface area (Å²) in [5.74, 6) is 3.11. The minimum atomic E-state index is 0.199. The molecule has 3 nitrogen and oxygen atoms in total. The lowest BCUT2D eigenvalue weighted by Crippen LogP contribution is -2.51. The summed E-state index contributed by atoms with van der Waals surface area (Å²) in [5.41, 5.74) is 7.56. The van der Waals surface area contributed by atoms with Crippen LogP contribution in [0.5, 0.6) is 0 Å². The van der Waals surface area contributed by atoms with E-state index in [2.05, 4.69) is 34.2 Å². The van der Waals surface area contributed by atoms with E-state index in [-0.39, 0.29) is 5.54 Å². The van der Waals surface area contributed by atoms with Crippen LogP contribution in [-0.2, 0) is 6.54 Å². The van der Waals surface area contributed by atoms with Gasteiger partial charge in [0.05, 0.1) is 12.1 Å². The first-order chi connectivity index (χ1) is 8.30. The summed E-state index contributed by atoms with van der Waals surface area (Å²) in [6, 6.07) is 10.5. The topological polar surface area (TPSA) is 41.6 Å². The van der Waals surface area contributed by atoms with E-state index in [9.17, 15) is 0 Å². The molecule has 1 spiro atoms. The van der Waals surface area contributed by atoms with Crippen LogP contribution in [0.3, 0.4) is 0 Å². The quantitative estimate of drug-likeness (QED) is 0.865. The zero-order valence-electron chi connectivity index (χ0n) is 9.80. The molecule has 0 saturated carbocycles. The van der Waals surface area contributed by atoms with Gasteiger partial charge in [0.1, 0.15) is 0 Å². The van der Waals surface area contributed by atoms with Crippen LogP contribution in [0.25, 0.3) is 0 Å². The standard InChI is InChI=1S/C13H17N3S/c14-12-15-9-13(6-7-17-10-13)16(12)8-11-4-2-1-3-5-11/h1-5H,6-10H2,(H2,14,15). The van der Waals surface area contributed by atoms with Crippen LogP contribution in [0.2, 0.25) is 0 Å². The molecule has 1 aromatic carbocycles. The Balaban J connectivity index is 1.82. The summed E-state index contributed by atoms with van der Waals surface area (Å²) in [5, 5.41) is 0. The molecular formula is C13H17N3S. The number of hydrogen-bond acceptors (Lipinski definition) is 4. The lowest BCUT2D eigenvalue weighted by atomic mass is 9.97. The molecule has 3 rings (SSSR count). The van der Waals surface area contributed by atoms with E-state index in [1.807, 2.05) is 17.8 Å². The molecule has 1 aromatic rings. The Morgan fingerprint density at radius 2 is 2.18 bits per heavy atom. The Bertz CT molecular complexity index is 424. The fraction of sp³-hybridized carbons (Fsp3) is 0.462. The van der Waals surface area contributed by atoms with E-state index in [1.165, 1.54) is 17.7 Å². The highest BCUT2D eigenvalue weighted by Gasteiger charge is 2.44. The lowest BCUT2D eigenvalue weighted by Gasteiger charge is -2.35. The fourth-order valence-corrected chi connectivity index (χ4v) is 4.03. The molecule has 1 atom stereocenters. The van der Waals surface area contributed by atoms with Gasteiger partial charge in [0.2, 0.25) is 0 Å². The summed E-state index contributed by atoms with van der Waals surface area (Å²) in [6.07, 6.45) is 1.20. The van der Waals surface area contributed by atoms with Crippen molar-refractivity contribution < 1.29 is 0 Å². The van der Waals surface area contributed by atoms with Crippen LogP contribution in [0.4, 0.5) is 0 Å². The summed E-state index contributed by atoms with van der Waals surface area (Å²) in [7, 11) is 0. The van der Waals surface area contributed by atoms with Gasteiger partial charge >= 0.3 is 0 Å². The number of nitrogens with zero attached hydrogens (tertiary/aromatic N) is 2. The van der Waals surface area contributed by atoms with Gasteiger partial charge in [0.15, 0.2) is 5.96 Å². The van der Waals surface area contributed by atoms with Gasteiger partial charge in [-0.05, 0) is 17.7 Å². The van der Waals surface area contributed by atoms with E-state index in [0.29, 0.717) is 0 Å². The minimum Gasteiger partial charge on any atom is -0.370 e. The fourth-order valence-electron chi connectivity index (χ4n) is 2.59. The van der Waals surface area contributed by atoms with Gasteiger partial charge in [-0.3, -0.25) is 4.99 Å². The molecule has 0 radical (unpaired) electrons. The Morgan fingerprint density at radius 1 is 1.35 bits per heavy atom. The molecular weight excluding hydrogens is 230 g/mol. The lowest BCUT2D eigenvalue weighted by molar-refractivity contribution is 0.222. The van der Waals surface area contributed by atoms with Crippen LogP contribution in [-0.4, -0.2) is 34.4 Å². The maximum absolute atomic E-state index is 6.05. The first-order valence-corrected chi connectivity index (χ1v) is 7.15. The molecule has 2 heterocycles. The van der Waals surface area contributed by atoms with Crippen molar-refractivity contribution in [2.24, 2.45) is 10.7 Å². The third kappa shape index (κ3) is 1.90. The number of guanidine groups is 1. The molecule has 0 amide bonds. The Labute approximate surface area is 106 Å². The number of benzene rings is 1. The SMILES string of the molecule is NC1=NCC2(CCSC2)N1Cc1ccccc1. The van der Waals surface area contributed by atoms with Crippen molar-refractivity contribution in [1.29, 1.82) is 0 Å². The van der Waals surface area contributed by atoms with Crippen molar-refractivity contribution in [2.75, 3.05) is 18.1 Å². The number of thioether (sulfide) groups is 1. The van der Waals surface area contributed by atoms with E-state index >= 15 is 0 Å². The van der Waals surface area contributed by atoms with E-state index in [0.717, 1.165) is 24.8 Å². The second-order valence-electron chi connectivity index (χ2n) is 4.77. The number of rotatable bonds is 2. The predicted octanol–water partition coefficient (Wildman–Crippen LogP) is 1.69. The second kappa shape index (κ2) is 4.26. The second-order valence-corrected chi connectivity index (χ2v) is 5.88. The summed E-state index contributed by atoms with van der Waals surface area (Å²) >= 11 is 2.02. The van der Waals surface area contributed by atoms with Gasteiger partial charge in [0.25, 0.3) is 0 Å². The van der Waals surface area contributed by atoms with E-state index < -0.39 is 0 Å². The number of nitrogens with two attached hydrogens (primary N) is 1. The Hall–Kier alpha value is -1.16. The van der Waals surface area contributed by atoms with Crippen molar-refractivity contribution >= 4 is 17.7 Å². The average Bonchev–Trinajstić information content (AvgIpc) is 2.94. The maximum atomic E-state index is 6.05. The highest BCUT2D eigenvalue weighted by molar-refractivity contribution is 7.99. The molecule has 2 aliphatic rings. The highest BCUT2D eigenvalue weighted by Crippen LogP contribution is 2.37. The van der Waals surface area contributed by atoms with Gasteiger partial charge in [0, 0.05) is 12.3 Å². The molecule has 1 fully saturated rings. The monoisotopic (exact) mass is 247 g/mol. The molecule has 90 valence electrons. The molecule has 2 N–H and O–H groups in total. The zero-order chi connectivity index (χ0) is 11.7. The van der Waals surface area contributed by atoms with Crippen LogP contribution >= 0.6 is 11.8 Å². The minimum absolute atomic E-state index is 0.199. The van der Waals surface area contributed by atoms with Crippen LogP contribution in [0, 0.1) is 0 Å².